The molecule has 0 aliphatic heterocycles. The smallest absolute Gasteiger partial charge is 0.243 e. The fraction of sp³-hybridized carbons (Fsp3) is 0.250. The lowest BCUT2D eigenvalue weighted by atomic mass is 10.1. The Balaban J connectivity index is 2.50. The summed E-state index contributed by atoms with van der Waals surface area (Å²) in [6, 6.07) is 1.10. The molecular formula is C16H5F12N3. The Bertz CT molecular complexity index is 1130. The lowest BCUT2D eigenvalue weighted by Crippen LogP contribution is -2.17. The van der Waals surface area contributed by atoms with E-state index in [2.05, 4.69) is 10.1 Å². The van der Waals surface area contributed by atoms with Crippen molar-refractivity contribution in [2.24, 2.45) is 0 Å². The molecule has 0 N–H and O–H groups in total. The van der Waals surface area contributed by atoms with Gasteiger partial charge in [-0.25, -0.2) is 9.67 Å². The SMILES string of the molecule is FC(F)(F)c1cc(-n2nc(C(F)(F)F)cc2C(F)(F)F)c2cccc(C(F)(F)F)c2n1. The van der Waals surface area contributed by atoms with Crippen molar-refractivity contribution in [2.75, 3.05) is 0 Å². The van der Waals surface area contributed by atoms with Gasteiger partial charge in [-0.2, -0.15) is 57.8 Å². The lowest BCUT2D eigenvalue weighted by molar-refractivity contribution is -0.143. The number of fused-ring (bicyclic) bond motifs is 1. The molecule has 0 fully saturated rings. The van der Waals surface area contributed by atoms with E-state index in [1.165, 1.54) is 0 Å². The van der Waals surface area contributed by atoms with Gasteiger partial charge in [0, 0.05) is 11.5 Å². The van der Waals surface area contributed by atoms with E-state index in [4.69, 9.17) is 0 Å². The van der Waals surface area contributed by atoms with E-state index in [9.17, 15) is 52.7 Å². The van der Waals surface area contributed by atoms with E-state index in [0.717, 1.165) is 0 Å². The average molecular weight is 467 g/mol. The summed E-state index contributed by atoms with van der Waals surface area (Å²) >= 11 is 0. The van der Waals surface area contributed by atoms with Gasteiger partial charge in [-0.05, 0) is 12.1 Å². The highest BCUT2D eigenvalue weighted by molar-refractivity contribution is 5.90. The number of rotatable bonds is 1. The number of aromatic nitrogens is 3. The molecule has 3 aromatic rings. The van der Waals surface area contributed by atoms with Crippen LogP contribution in [0.5, 0.6) is 0 Å². The van der Waals surface area contributed by atoms with Crippen LogP contribution in [-0.4, -0.2) is 14.8 Å². The van der Waals surface area contributed by atoms with Crippen molar-refractivity contribution in [2.45, 2.75) is 24.7 Å². The second-order valence-electron chi connectivity index (χ2n) is 6.05. The third kappa shape index (κ3) is 4.25. The summed E-state index contributed by atoms with van der Waals surface area (Å²) in [4.78, 5) is 2.86. The van der Waals surface area contributed by atoms with Gasteiger partial charge in [0.25, 0.3) is 0 Å². The van der Waals surface area contributed by atoms with Crippen LogP contribution in [0.4, 0.5) is 52.7 Å². The van der Waals surface area contributed by atoms with Crippen molar-refractivity contribution in [3.8, 4) is 5.69 Å². The van der Waals surface area contributed by atoms with Crippen LogP contribution in [0.1, 0.15) is 22.6 Å². The highest BCUT2D eigenvalue weighted by atomic mass is 19.4. The molecule has 2 heterocycles. The standard InChI is InChI=1S/C16H5F12N3/c17-13(18,19)7-3-1-2-6-8(4-9(14(20,21)22)29-12(6)7)31-11(16(26,27)28)5-10(30-31)15(23,24)25/h1-5H. The van der Waals surface area contributed by atoms with Gasteiger partial charge in [0.2, 0.25) is 0 Å². The number of para-hydroxylation sites is 1. The molecule has 3 nitrogen and oxygen atoms in total. The van der Waals surface area contributed by atoms with Crippen molar-refractivity contribution in [3.63, 3.8) is 0 Å². The zero-order chi connectivity index (χ0) is 23.6. The highest BCUT2D eigenvalue weighted by Crippen LogP contribution is 2.41. The van der Waals surface area contributed by atoms with Gasteiger partial charge >= 0.3 is 24.7 Å². The van der Waals surface area contributed by atoms with Crippen LogP contribution in [0.25, 0.3) is 16.6 Å². The molecule has 3 rings (SSSR count). The van der Waals surface area contributed by atoms with E-state index in [1.54, 1.807) is 0 Å². The minimum atomic E-state index is -5.54. The number of halogens is 12. The molecule has 0 atom stereocenters. The maximum atomic E-state index is 13.3. The molecule has 168 valence electrons. The largest absolute Gasteiger partial charge is 0.435 e. The Morgan fingerprint density at radius 1 is 0.645 bits per heavy atom. The Kier molecular flexibility index (Phi) is 4.94. The molecule has 1 aromatic carbocycles. The minimum Gasteiger partial charge on any atom is -0.243 e. The minimum absolute atomic E-state index is 0.106. The Labute approximate surface area is 162 Å². The molecule has 0 aliphatic carbocycles. The molecule has 2 aromatic heterocycles. The quantitative estimate of drug-likeness (QED) is 0.383. The molecule has 31 heavy (non-hydrogen) atoms. The van der Waals surface area contributed by atoms with E-state index in [0.29, 0.717) is 18.2 Å². The van der Waals surface area contributed by atoms with Gasteiger partial charge < -0.3 is 0 Å². The van der Waals surface area contributed by atoms with Gasteiger partial charge in [0.05, 0.1) is 16.8 Å². The molecule has 0 unspecified atom stereocenters. The number of alkyl halides is 12. The molecule has 0 spiro atoms. The van der Waals surface area contributed by atoms with E-state index in [-0.39, 0.29) is 6.07 Å². The number of benzene rings is 1. The van der Waals surface area contributed by atoms with Crippen LogP contribution in [0.3, 0.4) is 0 Å². The maximum Gasteiger partial charge on any atom is 0.435 e. The molecule has 15 heteroatoms. The first-order valence-electron chi connectivity index (χ1n) is 7.73. The summed E-state index contributed by atoms with van der Waals surface area (Å²) in [5, 5.41) is 1.75. The third-order valence-corrected chi connectivity index (χ3v) is 3.93. The average Bonchev–Trinajstić information content (AvgIpc) is 3.04. The van der Waals surface area contributed by atoms with Gasteiger partial charge in [-0.15, -0.1) is 0 Å². The summed E-state index contributed by atoms with van der Waals surface area (Å²) < 4.78 is 157. The second kappa shape index (κ2) is 6.75. The lowest BCUT2D eigenvalue weighted by Gasteiger charge is -2.17. The van der Waals surface area contributed by atoms with Crippen LogP contribution in [0.2, 0.25) is 0 Å². The zero-order valence-electron chi connectivity index (χ0n) is 14.3. The van der Waals surface area contributed by atoms with Gasteiger partial charge in [-0.1, -0.05) is 12.1 Å². The van der Waals surface area contributed by atoms with Crippen LogP contribution < -0.4 is 0 Å². The van der Waals surface area contributed by atoms with Crippen LogP contribution in [-0.2, 0) is 24.7 Å². The zero-order valence-corrected chi connectivity index (χ0v) is 14.3. The third-order valence-electron chi connectivity index (χ3n) is 3.93. The van der Waals surface area contributed by atoms with Crippen molar-refractivity contribution in [3.05, 3.63) is 53.0 Å². The molecule has 0 amide bonds. The van der Waals surface area contributed by atoms with Crippen LogP contribution >= 0.6 is 0 Å². The summed E-state index contributed by atoms with van der Waals surface area (Å²) in [6.45, 7) is 0. The molecule has 0 radical (unpaired) electrons. The predicted molar refractivity (Wildman–Crippen MR) is 78.9 cm³/mol. The molecule has 0 aliphatic rings. The first kappa shape index (κ1) is 22.7. The first-order chi connectivity index (χ1) is 13.9. The number of pyridine rings is 1. The Morgan fingerprint density at radius 3 is 1.71 bits per heavy atom. The first-order valence-corrected chi connectivity index (χ1v) is 7.73. The van der Waals surface area contributed by atoms with E-state index in [1.807, 2.05) is 0 Å². The Hall–Kier alpha value is -3.00. The summed E-state index contributed by atoms with van der Waals surface area (Å²) in [5.74, 6) is 0. The molecule has 0 saturated carbocycles. The van der Waals surface area contributed by atoms with Gasteiger partial charge in [0.1, 0.15) is 11.4 Å². The highest BCUT2D eigenvalue weighted by Gasteiger charge is 2.43. The second-order valence-corrected chi connectivity index (χ2v) is 6.05. The normalized spacial score (nSPS) is 13.8. The maximum absolute atomic E-state index is 13.3. The predicted octanol–water partition coefficient (Wildman–Crippen LogP) is 6.50. The van der Waals surface area contributed by atoms with Crippen molar-refractivity contribution in [1.29, 1.82) is 0 Å². The molecular weight excluding hydrogens is 462 g/mol. The van der Waals surface area contributed by atoms with Crippen molar-refractivity contribution < 1.29 is 52.7 Å². The monoisotopic (exact) mass is 467 g/mol. The van der Waals surface area contributed by atoms with Gasteiger partial charge in [0.15, 0.2) is 5.69 Å². The summed E-state index contributed by atoms with van der Waals surface area (Å²) in [7, 11) is 0. The fourth-order valence-corrected chi connectivity index (χ4v) is 2.69. The van der Waals surface area contributed by atoms with Crippen molar-refractivity contribution >= 4 is 10.9 Å². The Morgan fingerprint density at radius 2 is 1.23 bits per heavy atom. The summed E-state index contributed by atoms with van der Waals surface area (Å²) in [6.07, 6.45) is -21.6. The summed E-state index contributed by atoms with van der Waals surface area (Å²) in [5.41, 5.74) is -10.7. The van der Waals surface area contributed by atoms with E-state index < -0.39 is 74.7 Å². The number of nitrogens with zero attached hydrogens (tertiary/aromatic N) is 3. The molecule has 0 saturated heterocycles. The fourth-order valence-electron chi connectivity index (χ4n) is 2.69. The van der Waals surface area contributed by atoms with Crippen LogP contribution in [0, 0.1) is 0 Å². The van der Waals surface area contributed by atoms with Crippen LogP contribution in [0.15, 0.2) is 30.3 Å². The topological polar surface area (TPSA) is 30.7 Å². The van der Waals surface area contributed by atoms with Crippen molar-refractivity contribution in [1.82, 2.24) is 14.8 Å². The van der Waals surface area contributed by atoms with E-state index >= 15 is 0 Å². The number of hydrogen-bond donors (Lipinski definition) is 0. The number of hydrogen-bond acceptors (Lipinski definition) is 2. The van der Waals surface area contributed by atoms with Gasteiger partial charge in [-0.3, -0.25) is 0 Å². The molecule has 0 bridgehead atoms.